The second kappa shape index (κ2) is 15.9. The van der Waals surface area contributed by atoms with Crippen LogP contribution in [0, 0.1) is 0 Å². The standard InChI is InChI=1S/C18H32O4S/c1-2-3-4-5-6-7-8-9-10-11-12-13-14-16(18(21)22)23-15-17(19)20/h13-14,16H,2-12,15H2,1H3,(H,19,20)(H,21,22)/b14-13-. The zero-order valence-corrected chi connectivity index (χ0v) is 15.2. The highest BCUT2D eigenvalue weighted by Gasteiger charge is 2.15. The number of rotatable bonds is 16. The van der Waals surface area contributed by atoms with Crippen LogP contribution in [0.25, 0.3) is 0 Å². The first kappa shape index (κ1) is 22.0. The van der Waals surface area contributed by atoms with Gasteiger partial charge in [0.25, 0.3) is 0 Å². The molecule has 2 N–H and O–H groups in total. The molecule has 0 aliphatic heterocycles. The number of thioether (sulfide) groups is 1. The second-order valence-electron chi connectivity index (χ2n) is 5.86. The number of carboxylic acid groups (broad SMARTS) is 2. The van der Waals surface area contributed by atoms with Crippen LogP contribution < -0.4 is 0 Å². The highest BCUT2D eigenvalue weighted by Crippen LogP contribution is 2.14. The Kier molecular flexibility index (Phi) is 15.2. The van der Waals surface area contributed by atoms with Crippen molar-refractivity contribution in [1.82, 2.24) is 0 Å². The molecule has 0 saturated heterocycles. The summed E-state index contributed by atoms with van der Waals surface area (Å²) in [7, 11) is 0. The molecule has 4 nitrogen and oxygen atoms in total. The van der Waals surface area contributed by atoms with Crippen molar-refractivity contribution < 1.29 is 19.8 Å². The predicted molar refractivity (Wildman–Crippen MR) is 97.1 cm³/mol. The fourth-order valence-electron chi connectivity index (χ4n) is 2.34. The van der Waals surface area contributed by atoms with Crippen molar-refractivity contribution in [1.29, 1.82) is 0 Å². The third-order valence-electron chi connectivity index (χ3n) is 3.66. The lowest BCUT2D eigenvalue weighted by Crippen LogP contribution is -2.16. The van der Waals surface area contributed by atoms with Gasteiger partial charge in [-0.15, -0.1) is 11.8 Å². The van der Waals surface area contributed by atoms with Crippen molar-refractivity contribution in [3.63, 3.8) is 0 Å². The van der Waals surface area contributed by atoms with E-state index in [1.807, 2.05) is 6.08 Å². The quantitative estimate of drug-likeness (QED) is 0.300. The van der Waals surface area contributed by atoms with E-state index in [1.54, 1.807) is 6.08 Å². The molecule has 0 aliphatic rings. The number of aliphatic carboxylic acids is 2. The maximum atomic E-state index is 11.0. The number of hydrogen-bond acceptors (Lipinski definition) is 3. The number of carboxylic acids is 2. The molecule has 0 heterocycles. The molecule has 5 heteroatoms. The van der Waals surface area contributed by atoms with Crippen LogP contribution in [0.1, 0.15) is 77.6 Å². The van der Waals surface area contributed by atoms with E-state index in [2.05, 4.69) is 6.92 Å². The Hall–Kier alpha value is -0.970. The van der Waals surface area contributed by atoms with Gasteiger partial charge in [-0.05, 0) is 12.8 Å². The van der Waals surface area contributed by atoms with Gasteiger partial charge in [-0.3, -0.25) is 9.59 Å². The Labute approximate surface area is 144 Å². The minimum Gasteiger partial charge on any atom is -0.481 e. The molecule has 0 amide bonds. The van der Waals surface area contributed by atoms with Gasteiger partial charge in [0.1, 0.15) is 5.25 Å². The Morgan fingerprint density at radius 2 is 1.43 bits per heavy atom. The zero-order chi connectivity index (χ0) is 17.3. The van der Waals surface area contributed by atoms with Crippen molar-refractivity contribution in [2.45, 2.75) is 82.8 Å². The van der Waals surface area contributed by atoms with Crippen LogP contribution in [-0.4, -0.2) is 33.2 Å². The molecular formula is C18H32O4S. The summed E-state index contributed by atoms with van der Waals surface area (Å²) in [4.78, 5) is 21.4. The average Bonchev–Trinajstić information content (AvgIpc) is 2.50. The molecule has 1 unspecified atom stereocenters. The van der Waals surface area contributed by atoms with E-state index in [4.69, 9.17) is 10.2 Å². The molecule has 0 aliphatic carbocycles. The maximum absolute atomic E-state index is 11.0. The second-order valence-corrected chi connectivity index (χ2v) is 6.99. The van der Waals surface area contributed by atoms with E-state index >= 15 is 0 Å². The molecule has 0 radical (unpaired) electrons. The number of hydrogen-bond donors (Lipinski definition) is 2. The summed E-state index contributed by atoms with van der Waals surface area (Å²) in [5.74, 6) is -2.14. The smallest absolute Gasteiger partial charge is 0.320 e. The first-order chi connectivity index (χ1) is 11.1. The third kappa shape index (κ3) is 15.7. The summed E-state index contributed by atoms with van der Waals surface area (Å²) in [6.07, 6.45) is 17.2. The zero-order valence-electron chi connectivity index (χ0n) is 14.3. The normalized spacial score (nSPS) is 12.6. The van der Waals surface area contributed by atoms with Crippen LogP contribution >= 0.6 is 11.8 Å². The molecule has 0 aromatic carbocycles. The fourth-order valence-corrected chi connectivity index (χ4v) is 3.03. The minimum absolute atomic E-state index is 0.181. The topological polar surface area (TPSA) is 74.6 Å². The fraction of sp³-hybridized carbons (Fsp3) is 0.778. The van der Waals surface area contributed by atoms with Gasteiger partial charge in [0, 0.05) is 0 Å². The molecule has 0 bridgehead atoms. The maximum Gasteiger partial charge on any atom is 0.320 e. The predicted octanol–water partition coefficient (Wildman–Crippen LogP) is 5.12. The van der Waals surface area contributed by atoms with Crippen LogP contribution in [0.4, 0.5) is 0 Å². The van der Waals surface area contributed by atoms with Crippen LogP contribution in [0.15, 0.2) is 12.2 Å². The molecule has 134 valence electrons. The molecule has 0 rings (SSSR count). The molecular weight excluding hydrogens is 312 g/mol. The Morgan fingerprint density at radius 1 is 0.913 bits per heavy atom. The lowest BCUT2D eigenvalue weighted by Gasteiger charge is -2.05. The van der Waals surface area contributed by atoms with Crippen LogP contribution in [0.3, 0.4) is 0 Å². The van der Waals surface area contributed by atoms with E-state index in [-0.39, 0.29) is 5.75 Å². The minimum atomic E-state index is -0.982. The van der Waals surface area contributed by atoms with Crippen molar-refractivity contribution in [2.75, 3.05) is 5.75 Å². The van der Waals surface area contributed by atoms with Crippen LogP contribution in [0.5, 0.6) is 0 Å². The molecule has 0 fully saturated rings. The lowest BCUT2D eigenvalue weighted by atomic mass is 10.1. The summed E-state index contributed by atoms with van der Waals surface area (Å²) >= 11 is 0.935. The third-order valence-corrected chi connectivity index (χ3v) is 4.80. The largest absolute Gasteiger partial charge is 0.481 e. The van der Waals surface area contributed by atoms with Gasteiger partial charge in [-0.2, -0.15) is 0 Å². The van der Waals surface area contributed by atoms with E-state index in [0.29, 0.717) is 0 Å². The molecule has 23 heavy (non-hydrogen) atoms. The molecule has 0 aromatic heterocycles. The van der Waals surface area contributed by atoms with Gasteiger partial charge in [0.05, 0.1) is 5.75 Å². The number of unbranched alkanes of at least 4 members (excludes halogenated alkanes) is 10. The van der Waals surface area contributed by atoms with E-state index in [1.165, 1.54) is 57.8 Å². The summed E-state index contributed by atoms with van der Waals surface area (Å²) in [5.41, 5.74) is 0. The highest BCUT2D eigenvalue weighted by atomic mass is 32.2. The Bertz CT molecular complexity index is 342. The number of allylic oxidation sites excluding steroid dienone is 1. The van der Waals surface area contributed by atoms with Crippen molar-refractivity contribution >= 4 is 23.7 Å². The van der Waals surface area contributed by atoms with E-state index < -0.39 is 17.2 Å². The van der Waals surface area contributed by atoms with Gasteiger partial charge in [0.2, 0.25) is 0 Å². The Morgan fingerprint density at radius 3 is 1.91 bits per heavy atom. The molecule has 1 atom stereocenters. The Balaban J connectivity index is 3.53. The molecule has 0 spiro atoms. The molecule has 0 saturated carbocycles. The van der Waals surface area contributed by atoms with Gasteiger partial charge in [-0.25, -0.2) is 0 Å². The lowest BCUT2D eigenvalue weighted by molar-refractivity contribution is -0.135. The molecule has 0 aromatic rings. The SMILES string of the molecule is CCCCCCCCCCCC/C=C\C(SCC(=O)O)C(=O)O. The summed E-state index contributed by atoms with van der Waals surface area (Å²) in [6.45, 7) is 2.23. The van der Waals surface area contributed by atoms with E-state index in [9.17, 15) is 9.59 Å². The van der Waals surface area contributed by atoms with Crippen molar-refractivity contribution in [3.05, 3.63) is 12.2 Å². The van der Waals surface area contributed by atoms with Crippen LogP contribution in [-0.2, 0) is 9.59 Å². The summed E-state index contributed by atoms with van der Waals surface area (Å²) in [6, 6.07) is 0. The first-order valence-corrected chi connectivity index (χ1v) is 9.85. The average molecular weight is 345 g/mol. The van der Waals surface area contributed by atoms with Crippen molar-refractivity contribution in [3.8, 4) is 0 Å². The first-order valence-electron chi connectivity index (χ1n) is 8.80. The van der Waals surface area contributed by atoms with Crippen molar-refractivity contribution in [2.24, 2.45) is 0 Å². The van der Waals surface area contributed by atoms with Gasteiger partial charge >= 0.3 is 11.9 Å². The summed E-state index contributed by atoms with van der Waals surface area (Å²) < 4.78 is 0. The number of carbonyl (C=O) groups is 2. The highest BCUT2D eigenvalue weighted by molar-refractivity contribution is 8.01. The summed E-state index contributed by atoms with van der Waals surface area (Å²) in [5, 5.41) is 16.8. The van der Waals surface area contributed by atoms with Gasteiger partial charge < -0.3 is 10.2 Å². The van der Waals surface area contributed by atoms with E-state index in [0.717, 1.165) is 24.6 Å². The van der Waals surface area contributed by atoms with Crippen LogP contribution in [0.2, 0.25) is 0 Å². The monoisotopic (exact) mass is 344 g/mol. The van der Waals surface area contributed by atoms with Gasteiger partial charge in [-0.1, -0.05) is 76.9 Å². The van der Waals surface area contributed by atoms with Gasteiger partial charge in [0.15, 0.2) is 0 Å².